The first kappa shape index (κ1) is 20.1. The molecule has 1 amide bonds. The largest absolute Gasteiger partial charge is 0.489 e. The van der Waals surface area contributed by atoms with E-state index in [1.807, 2.05) is 36.4 Å². The number of morpholine rings is 1. The molecule has 30 heavy (non-hydrogen) atoms. The minimum atomic E-state index is -0.122. The highest BCUT2D eigenvalue weighted by Crippen LogP contribution is 2.18. The van der Waals surface area contributed by atoms with E-state index in [0.717, 1.165) is 30.0 Å². The number of carbonyl (C=O) groups excluding carboxylic acids is 1. The van der Waals surface area contributed by atoms with Crippen LogP contribution in [0, 0.1) is 0 Å². The fourth-order valence-corrected chi connectivity index (χ4v) is 3.32. The van der Waals surface area contributed by atoms with Crippen LogP contribution in [0.4, 0.5) is 0 Å². The maximum absolute atomic E-state index is 11.9. The zero-order valence-corrected chi connectivity index (χ0v) is 16.8. The summed E-state index contributed by atoms with van der Waals surface area (Å²) >= 11 is 0. The molecule has 1 saturated heterocycles. The summed E-state index contributed by atoms with van der Waals surface area (Å²) in [5, 5.41) is 6.47. The number of hydrazone groups is 1. The molecule has 0 aliphatic carbocycles. The molecule has 0 bridgehead atoms. The van der Waals surface area contributed by atoms with Crippen LogP contribution in [0.5, 0.6) is 5.75 Å². The van der Waals surface area contributed by atoms with E-state index in [-0.39, 0.29) is 5.91 Å². The summed E-state index contributed by atoms with van der Waals surface area (Å²) in [4.78, 5) is 14.0. The fourth-order valence-electron chi connectivity index (χ4n) is 3.32. The molecule has 3 aromatic carbocycles. The molecule has 1 aliphatic rings. The molecule has 6 nitrogen and oxygen atoms in total. The number of rotatable bonds is 7. The van der Waals surface area contributed by atoms with Crippen molar-refractivity contribution in [2.75, 3.05) is 32.8 Å². The summed E-state index contributed by atoms with van der Waals surface area (Å²) in [5.74, 6) is 0.667. The second-order valence-electron chi connectivity index (χ2n) is 7.22. The van der Waals surface area contributed by atoms with Crippen molar-refractivity contribution in [2.45, 2.75) is 6.61 Å². The van der Waals surface area contributed by atoms with Gasteiger partial charge >= 0.3 is 0 Å². The summed E-state index contributed by atoms with van der Waals surface area (Å²) in [6.07, 6.45) is 1.63. The number of nitrogens with one attached hydrogen (secondary N) is 1. The first-order chi connectivity index (χ1) is 14.8. The number of ether oxygens (including phenoxy) is 2. The molecule has 0 saturated carbocycles. The van der Waals surface area contributed by atoms with Gasteiger partial charge in [-0.2, -0.15) is 5.10 Å². The van der Waals surface area contributed by atoms with Gasteiger partial charge in [0.1, 0.15) is 12.4 Å². The molecular weight excluding hydrogens is 378 g/mol. The highest BCUT2D eigenvalue weighted by molar-refractivity contribution is 5.83. The van der Waals surface area contributed by atoms with Crippen LogP contribution >= 0.6 is 0 Å². The standard InChI is InChI=1S/C24H25N3O3/c28-24(17-27-11-13-29-14-12-27)26-25-16-19-6-9-23(10-7-19)30-18-20-5-8-21-3-1-2-4-22(21)15-20/h1-10,15-16H,11-14,17-18H2,(H,26,28)/b25-16-. The lowest BCUT2D eigenvalue weighted by Crippen LogP contribution is -2.42. The third kappa shape index (κ3) is 5.65. The third-order valence-electron chi connectivity index (χ3n) is 4.97. The Hall–Kier alpha value is -3.22. The Bertz CT molecular complexity index is 1010. The van der Waals surface area contributed by atoms with Crippen LogP contribution in [0.1, 0.15) is 11.1 Å². The second kappa shape index (κ2) is 10.0. The summed E-state index contributed by atoms with van der Waals surface area (Å²) in [6, 6.07) is 22.3. The molecule has 1 N–H and O–H groups in total. The number of carbonyl (C=O) groups is 1. The summed E-state index contributed by atoms with van der Waals surface area (Å²) < 4.78 is 11.2. The quantitative estimate of drug-likeness (QED) is 0.486. The van der Waals surface area contributed by atoms with Crippen molar-refractivity contribution >= 4 is 22.9 Å². The fraction of sp³-hybridized carbons (Fsp3) is 0.250. The van der Waals surface area contributed by atoms with Crippen molar-refractivity contribution in [1.29, 1.82) is 0 Å². The first-order valence-corrected chi connectivity index (χ1v) is 10.1. The molecule has 3 aromatic rings. The summed E-state index contributed by atoms with van der Waals surface area (Å²) in [6.45, 7) is 3.74. The van der Waals surface area contributed by atoms with Crippen molar-refractivity contribution in [3.8, 4) is 5.75 Å². The van der Waals surface area contributed by atoms with E-state index >= 15 is 0 Å². The highest BCUT2D eigenvalue weighted by atomic mass is 16.5. The number of hydrogen-bond acceptors (Lipinski definition) is 5. The molecule has 1 heterocycles. The van der Waals surface area contributed by atoms with Gasteiger partial charge in [0, 0.05) is 13.1 Å². The summed E-state index contributed by atoms with van der Waals surface area (Å²) in [7, 11) is 0. The van der Waals surface area contributed by atoms with Gasteiger partial charge in [0.05, 0.1) is 26.0 Å². The van der Waals surface area contributed by atoms with Crippen LogP contribution in [0.3, 0.4) is 0 Å². The number of benzene rings is 3. The Kier molecular flexibility index (Phi) is 6.69. The van der Waals surface area contributed by atoms with Crippen molar-refractivity contribution in [2.24, 2.45) is 5.10 Å². The highest BCUT2D eigenvalue weighted by Gasteiger charge is 2.13. The number of fused-ring (bicyclic) bond motifs is 1. The maximum Gasteiger partial charge on any atom is 0.254 e. The van der Waals surface area contributed by atoms with Gasteiger partial charge in [-0.05, 0) is 52.2 Å². The Morgan fingerprint density at radius 2 is 1.80 bits per heavy atom. The van der Waals surface area contributed by atoms with Gasteiger partial charge in [-0.1, -0.05) is 36.4 Å². The van der Waals surface area contributed by atoms with Gasteiger partial charge in [0.2, 0.25) is 0 Å². The monoisotopic (exact) mass is 403 g/mol. The number of hydrogen-bond donors (Lipinski definition) is 1. The van der Waals surface area contributed by atoms with E-state index in [0.29, 0.717) is 26.4 Å². The molecule has 0 atom stereocenters. The van der Waals surface area contributed by atoms with Crippen molar-refractivity contribution in [1.82, 2.24) is 10.3 Å². The Morgan fingerprint density at radius 3 is 2.60 bits per heavy atom. The summed E-state index contributed by atoms with van der Waals surface area (Å²) in [5.41, 5.74) is 4.59. The average molecular weight is 403 g/mol. The molecule has 154 valence electrons. The maximum atomic E-state index is 11.9. The predicted octanol–water partition coefficient (Wildman–Crippen LogP) is 3.20. The van der Waals surface area contributed by atoms with Crippen LogP contribution in [0.15, 0.2) is 71.8 Å². The van der Waals surface area contributed by atoms with Crippen molar-refractivity contribution < 1.29 is 14.3 Å². The number of amides is 1. The SMILES string of the molecule is O=C(CN1CCOCC1)N/N=C\c1ccc(OCc2ccc3ccccc3c2)cc1. The molecule has 1 fully saturated rings. The van der Waals surface area contributed by atoms with E-state index in [4.69, 9.17) is 9.47 Å². The van der Waals surface area contributed by atoms with E-state index in [9.17, 15) is 4.79 Å². The Labute approximate surface area is 176 Å². The normalized spacial score (nSPS) is 14.8. The van der Waals surface area contributed by atoms with Crippen molar-refractivity contribution in [3.63, 3.8) is 0 Å². The first-order valence-electron chi connectivity index (χ1n) is 10.1. The van der Waals surface area contributed by atoms with E-state index in [1.165, 1.54) is 10.8 Å². The lowest BCUT2D eigenvalue weighted by atomic mass is 10.1. The molecule has 4 rings (SSSR count). The predicted molar refractivity (Wildman–Crippen MR) is 118 cm³/mol. The van der Waals surface area contributed by atoms with Gasteiger partial charge in [-0.3, -0.25) is 9.69 Å². The van der Waals surface area contributed by atoms with Gasteiger partial charge in [0.15, 0.2) is 0 Å². The third-order valence-corrected chi connectivity index (χ3v) is 4.97. The van der Waals surface area contributed by atoms with Crippen molar-refractivity contribution in [3.05, 3.63) is 77.9 Å². The second-order valence-corrected chi connectivity index (χ2v) is 7.22. The molecule has 0 unspecified atom stereocenters. The zero-order valence-electron chi connectivity index (χ0n) is 16.8. The topological polar surface area (TPSA) is 63.2 Å². The average Bonchev–Trinajstić information content (AvgIpc) is 2.79. The molecule has 0 radical (unpaired) electrons. The minimum absolute atomic E-state index is 0.122. The van der Waals surface area contributed by atoms with Gasteiger partial charge < -0.3 is 9.47 Å². The molecule has 6 heteroatoms. The van der Waals surface area contributed by atoms with Gasteiger partial charge in [0.25, 0.3) is 5.91 Å². The van der Waals surface area contributed by atoms with E-state index in [2.05, 4.69) is 45.8 Å². The van der Waals surface area contributed by atoms with E-state index in [1.54, 1.807) is 6.21 Å². The molecule has 0 aromatic heterocycles. The van der Waals surface area contributed by atoms with Crippen LogP contribution in [-0.2, 0) is 16.1 Å². The van der Waals surface area contributed by atoms with Crippen LogP contribution in [0.25, 0.3) is 10.8 Å². The molecule has 1 aliphatic heterocycles. The lowest BCUT2D eigenvalue weighted by molar-refractivity contribution is -0.123. The van der Waals surface area contributed by atoms with Crippen LogP contribution in [-0.4, -0.2) is 49.9 Å². The zero-order chi connectivity index (χ0) is 20.6. The lowest BCUT2D eigenvalue weighted by Gasteiger charge is -2.25. The van der Waals surface area contributed by atoms with E-state index < -0.39 is 0 Å². The number of nitrogens with zero attached hydrogens (tertiary/aromatic N) is 2. The smallest absolute Gasteiger partial charge is 0.254 e. The van der Waals surface area contributed by atoms with Gasteiger partial charge in [-0.15, -0.1) is 0 Å². The molecular formula is C24H25N3O3. The van der Waals surface area contributed by atoms with Crippen LogP contribution < -0.4 is 10.2 Å². The Morgan fingerprint density at radius 1 is 1.03 bits per heavy atom. The molecule has 0 spiro atoms. The van der Waals surface area contributed by atoms with Crippen LogP contribution in [0.2, 0.25) is 0 Å². The van der Waals surface area contributed by atoms with Gasteiger partial charge in [-0.25, -0.2) is 5.43 Å². The minimum Gasteiger partial charge on any atom is -0.489 e. The Balaban J connectivity index is 1.25.